The Labute approximate surface area is 111 Å². The van der Waals surface area contributed by atoms with Crippen molar-refractivity contribution in [2.24, 2.45) is 0 Å². The number of rotatable bonds is 2. The normalized spacial score (nSPS) is 28.9. The number of nitrogens with zero attached hydrogens (tertiary/aromatic N) is 2. The summed E-state index contributed by atoms with van der Waals surface area (Å²) in [4.78, 5) is 18.3. The molecule has 0 aromatic carbocycles. The zero-order chi connectivity index (χ0) is 12.4. The molecule has 1 aromatic heterocycles. The Morgan fingerprint density at radius 1 is 1.44 bits per heavy atom. The minimum atomic E-state index is -0.00666. The molecule has 4 nitrogen and oxygen atoms in total. The number of amides is 1. The van der Waals surface area contributed by atoms with Gasteiger partial charge < -0.3 is 9.64 Å². The average Bonchev–Trinajstić information content (AvgIpc) is 3.01. The summed E-state index contributed by atoms with van der Waals surface area (Å²) in [6.07, 6.45) is 6.53. The molecule has 18 heavy (non-hydrogen) atoms. The fourth-order valence-corrected chi connectivity index (χ4v) is 3.52. The molecule has 2 saturated heterocycles. The van der Waals surface area contributed by atoms with Crippen LogP contribution < -0.4 is 0 Å². The number of hydrogen-bond acceptors (Lipinski definition) is 4. The van der Waals surface area contributed by atoms with Crippen molar-refractivity contribution in [1.82, 2.24) is 9.88 Å². The molecule has 0 N–H and O–H groups in total. The van der Waals surface area contributed by atoms with Crippen molar-refractivity contribution >= 4 is 17.2 Å². The summed E-state index contributed by atoms with van der Waals surface area (Å²) in [5, 5.41) is 2.98. The van der Waals surface area contributed by atoms with Gasteiger partial charge in [-0.1, -0.05) is 0 Å². The van der Waals surface area contributed by atoms with E-state index >= 15 is 0 Å². The van der Waals surface area contributed by atoms with E-state index in [4.69, 9.17) is 4.74 Å². The maximum absolute atomic E-state index is 12.1. The fraction of sp³-hybridized carbons (Fsp3) is 0.692. The van der Waals surface area contributed by atoms with Gasteiger partial charge in [0, 0.05) is 31.1 Å². The molecule has 1 spiro atoms. The first-order chi connectivity index (χ1) is 8.77. The van der Waals surface area contributed by atoms with Crippen molar-refractivity contribution in [2.75, 3.05) is 13.2 Å². The third-order valence-corrected chi connectivity index (χ3v) is 4.74. The van der Waals surface area contributed by atoms with Gasteiger partial charge in [0.1, 0.15) is 5.01 Å². The lowest BCUT2D eigenvalue weighted by Gasteiger charge is -2.26. The molecule has 0 saturated carbocycles. The fourth-order valence-electron chi connectivity index (χ4n) is 2.89. The van der Waals surface area contributed by atoms with Gasteiger partial charge in [-0.05, 0) is 25.7 Å². The van der Waals surface area contributed by atoms with Gasteiger partial charge in [0.15, 0.2) is 0 Å². The summed E-state index contributed by atoms with van der Waals surface area (Å²) in [5.74, 6) is 0.248. The van der Waals surface area contributed by atoms with E-state index in [0.29, 0.717) is 13.0 Å². The van der Waals surface area contributed by atoms with Crippen LogP contribution in [0.25, 0.3) is 0 Å². The summed E-state index contributed by atoms with van der Waals surface area (Å²) in [6, 6.07) is 0. The molecule has 1 aromatic rings. The van der Waals surface area contributed by atoms with E-state index in [0.717, 1.165) is 43.8 Å². The third-order valence-electron chi connectivity index (χ3n) is 3.98. The van der Waals surface area contributed by atoms with Crippen LogP contribution in [0.3, 0.4) is 0 Å². The van der Waals surface area contributed by atoms with E-state index in [1.165, 1.54) is 0 Å². The van der Waals surface area contributed by atoms with Crippen molar-refractivity contribution in [2.45, 2.75) is 44.2 Å². The molecule has 2 fully saturated rings. The van der Waals surface area contributed by atoms with Gasteiger partial charge >= 0.3 is 0 Å². The number of carbonyl (C=O) groups is 1. The van der Waals surface area contributed by atoms with Crippen LogP contribution in [-0.4, -0.2) is 34.5 Å². The largest absolute Gasteiger partial charge is 0.375 e. The van der Waals surface area contributed by atoms with E-state index in [1.807, 2.05) is 10.3 Å². The number of carbonyl (C=O) groups excluding carboxylic acids is 1. The van der Waals surface area contributed by atoms with E-state index in [9.17, 15) is 4.79 Å². The maximum Gasteiger partial charge on any atom is 0.223 e. The highest BCUT2D eigenvalue weighted by molar-refractivity contribution is 7.09. The number of thiazole rings is 1. The van der Waals surface area contributed by atoms with Gasteiger partial charge in [0.2, 0.25) is 5.91 Å². The summed E-state index contributed by atoms with van der Waals surface area (Å²) in [5.41, 5.74) is -0.00666. The van der Waals surface area contributed by atoms with E-state index in [2.05, 4.69) is 4.98 Å². The molecular formula is C13H18N2O2S. The lowest BCUT2D eigenvalue weighted by molar-refractivity contribution is -0.131. The van der Waals surface area contributed by atoms with Crippen LogP contribution in [0.15, 0.2) is 11.6 Å². The molecule has 1 amide bonds. The highest BCUT2D eigenvalue weighted by Crippen LogP contribution is 2.36. The molecule has 5 heteroatoms. The van der Waals surface area contributed by atoms with Crippen LogP contribution in [0.4, 0.5) is 0 Å². The second-order valence-electron chi connectivity index (χ2n) is 5.13. The monoisotopic (exact) mass is 266 g/mol. The van der Waals surface area contributed by atoms with E-state index in [-0.39, 0.29) is 11.5 Å². The molecule has 1 atom stereocenters. The lowest BCUT2D eigenvalue weighted by atomic mass is 9.92. The first-order valence-corrected chi connectivity index (χ1v) is 7.46. The summed E-state index contributed by atoms with van der Waals surface area (Å²) >= 11 is 1.61. The maximum atomic E-state index is 12.1. The number of hydrogen-bond donors (Lipinski definition) is 0. The molecule has 98 valence electrons. The first kappa shape index (κ1) is 12.1. The third kappa shape index (κ3) is 2.42. The Hall–Kier alpha value is -0.940. The van der Waals surface area contributed by atoms with E-state index in [1.54, 1.807) is 17.5 Å². The molecule has 3 rings (SSSR count). The van der Waals surface area contributed by atoms with E-state index < -0.39 is 0 Å². The predicted molar refractivity (Wildman–Crippen MR) is 69.3 cm³/mol. The molecule has 0 unspecified atom stereocenters. The molecular weight excluding hydrogens is 248 g/mol. The highest BCUT2D eigenvalue weighted by atomic mass is 32.1. The van der Waals surface area contributed by atoms with Crippen LogP contribution in [0.5, 0.6) is 0 Å². The second-order valence-corrected chi connectivity index (χ2v) is 6.11. The quantitative estimate of drug-likeness (QED) is 0.824. The summed E-state index contributed by atoms with van der Waals surface area (Å²) in [6.45, 7) is 2.33. The molecule has 3 heterocycles. The number of ether oxygens (including phenoxy) is 1. The van der Waals surface area contributed by atoms with Gasteiger partial charge in [0.25, 0.3) is 0 Å². The van der Waals surface area contributed by atoms with Crippen molar-refractivity contribution in [3.63, 3.8) is 0 Å². The lowest BCUT2D eigenvalue weighted by Crippen LogP contribution is -2.32. The molecule has 0 aliphatic carbocycles. The van der Waals surface area contributed by atoms with Crippen molar-refractivity contribution < 1.29 is 9.53 Å². The molecule has 2 aliphatic heterocycles. The number of likely N-dealkylation sites (tertiary alicyclic amines) is 1. The highest BCUT2D eigenvalue weighted by Gasteiger charge is 2.38. The zero-order valence-corrected chi connectivity index (χ0v) is 11.2. The van der Waals surface area contributed by atoms with Crippen molar-refractivity contribution in [3.8, 4) is 0 Å². The van der Waals surface area contributed by atoms with Crippen molar-refractivity contribution in [3.05, 3.63) is 16.6 Å². The predicted octanol–water partition coefficient (Wildman–Crippen LogP) is 2.20. The van der Waals surface area contributed by atoms with Crippen LogP contribution in [-0.2, 0) is 16.1 Å². The van der Waals surface area contributed by atoms with Crippen LogP contribution in [0, 0.1) is 0 Å². The van der Waals surface area contributed by atoms with Gasteiger partial charge in [-0.15, -0.1) is 11.3 Å². The second kappa shape index (κ2) is 4.97. The smallest absolute Gasteiger partial charge is 0.223 e. The molecule has 2 aliphatic rings. The topological polar surface area (TPSA) is 42.4 Å². The SMILES string of the molecule is O=C1CC[C@]2(CCCO2)CCN1Cc1nccs1. The van der Waals surface area contributed by atoms with Crippen LogP contribution in [0.1, 0.15) is 37.1 Å². The van der Waals surface area contributed by atoms with Gasteiger partial charge in [0.05, 0.1) is 12.1 Å². The van der Waals surface area contributed by atoms with Gasteiger partial charge in [-0.3, -0.25) is 4.79 Å². The zero-order valence-electron chi connectivity index (χ0n) is 10.4. The Balaban J connectivity index is 1.67. The Kier molecular flexibility index (Phi) is 3.35. The Morgan fingerprint density at radius 2 is 2.39 bits per heavy atom. The van der Waals surface area contributed by atoms with Crippen LogP contribution >= 0.6 is 11.3 Å². The van der Waals surface area contributed by atoms with Crippen molar-refractivity contribution in [1.29, 1.82) is 0 Å². The Morgan fingerprint density at radius 3 is 3.11 bits per heavy atom. The Bertz CT molecular complexity index is 413. The number of aromatic nitrogens is 1. The summed E-state index contributed by atoms with van der Waals surface area (Å²) in [7, 11) is 0. The molecule has 0 radical (unpaired) electrons. The average molecular weight is 266 g/mol. The summed E-state index contributed by atoms with van der Waals surface area (Å²) < 4.78 is 5.90. The first-order valence-electron chi connectivity index (χ1n) is 6.58. The molecule has 0 bridgehead atoms. The minimum absolute atomic E-state index is 0.00666. The standard InChI is InChI=1S/C13H18N2O2S/c16-12-2-4-13(3-1-8-17-13)5-7-15(12)10-11-14-6-9-18-11/h6,9H,1-5,7-8,10H2/t13-/m1/s1. The van der Waals surface area contributed by atoms with Gasteiger partial charge in [-0.25, -0.2) is 4.98 Å². The van der Waals surface area contributed by atoms with Gasteiger partial charge in [-0.2, -0.15) is 0 Å². The minimum Gasteiger partial charge on any atom is -0.375 e. The van der Waals surface area contributed by atoms with Crippen LogP contribution in [0.2, 0.25) is 0 Å².